The van der Waals surface area contributed by atoms with Crippen LogP contribution in [0.3, 0.4) is 0 Å². The maximum Gasteiger partial charge on any atom is 0.416 e. The lowest BCUT2D eigenvalue weighted by molar-refractivity contribution is -0.137. The van der Waals surface area contributed by atoms with E-state index in [-0.39, 0.29) is 6.29 Å². The Hall–Kier alpha value is -1.59. The molecule has 0 heterocycles. The minimum Gasteiger partial charge on any atom is -0.494 e. The predicted octanol–water partition coefficient (Wildman–Crippen LogP) is 2.67. The van der Waals surface area contributed by atoms with Gasteiger partial charge in [0.1, 0.15) is 0 Å². The van der Waals surface area contributed by atoms with Crippen LogP contribution >= 0.6 is 0 Å². The van der Waals surface area contributed by atoms with Crippen LogP contribution in [0.15, 0.2) is 12.1 Å². The van der Waals surface area contributed by atoms with Gasteiger partial charge in [-0.15, -0.1) is 0 Å². The van der Waals surface area contributed by atoms with Gasteiger partial charge in [0.15, 0.2) is 17.9 Å². The predicted molar refractivity (Wildman–Crippen MR) is 43.3 cm³/mol. The number of hydrogen-bond donors (Lipinski definition) is 0. The zero-order valence-electron chi connectivity index (χ0n) is 7.56. The Morgan fingerprint density at radius 2 is 1.93 bits per heavy atom. The molecule has 0 amide bonds. The van der Waals surface area contributed by atoms with Crippen LogP contribution in [0, 0.1) is 5.82 Å². The molecule has 2 nitrogen and oxygen atoms in total. The Bertz CT molecular complexity index is 384. The summed E-state index contributed by atoms with van der Waals surface area (Å²) in [6.07, 6.45) is -4.63. The molecule has 82 valence electrons. The van der Waals surface area contributed by atoms with Crippen LogP contribution in [0.1, 0.15) is 15.9 Å². The lowest BCUT2D eigenvalue weighted by Crippen LogP contribution is -2.07. The summed E-state index contributed by atoms with van der Waals surface area (Å²) in [5, 5.41) is 0. The summed E-state index contributed by atoms with van der Waals surface area (Å²) in [5.41, 5.74) is -1.80. The number of methoxy groups -OCH3 is 1. The second-order valence-electron chi connectivity index (χ2n) is 2.70. The Morgan fingerprint density at radius 3 is 2.33 bits per heavy atom. The largest absolute Gasteiger partial charge is 0.494 e. The second-order valence-corrected chi connectivity index (χ2v) is 2.70. The topological polar surface area (TPSA) is 26.3 Å². The van der Waals surface area contributed by atoms with Crippen LogP contribution < -0.4 is 4.74 Å². The van der Waals surface area contributed by atoms with E-state index in [9.17, 15) is 22.4 Å². The van der Waals surface area contributed by atoms with Crippen molar-refractivity contribution in [1.29, 1.82) is 0 Å². The van der Waals surface area contributed by atoms with Crippen molar-refractivity contribution in [1.82, 2.24) is 0 Å². The number of alkyl halides is 3. The summed E-state index contributed by atoms with van der Waals surface area (Å²) in [6.45, 7) is 0. The van der Waals surface area contributed by atoms with Crippen LogP contribution in [-0.4, -0.2) is 13.4 Å². The summed E-state index contributed by atoms with van der Waals surface area (Å²) >= 11 is 0. The van der Waals surface area contributed by atoms with Gasteiger partial charge in [-0.3, -0.25) is 4.79 Å². The van der Waals surface area contributed by atoms with E-state index >= 15 is 0 Å². The van der Waals surface area contributed by atoms with Crippen LogP contribution in [0.25, 0.3) is 0 Å². The molecule has 0 aliphatic carbocycles. The highest BCUT2D eigenvalue weighted by atomic mass is 19.4. The fraction of sp³-hybridized carbons (Fsp3) is 0.222. The van der Waals surface area contributed by atoms with Gasteiger partial charge in [0.05, 0.1) is 18.2 Å². The van der Waals surface area contributed by atoms with Crippen molar-refractivity contribution in [3.8, 4) is 5.75 Å². The molecule has 0 unspecified atom stereocenters. The van der Waals surface area contributed by atoms with Crippen molar-refractivity contribution >= 4 is 6.29 Å². The molecule has 0 fully saturated rings. The van der Waals surface area contributed by atoms with Crippen molar-refractivity contribution in [2.75, 3.05) is 7.11 Å². The van der Waals surface area contributed by atoms with E-state index in [2.05, 4.69) is 4.74 Å². The van der Waals surface area contributed by atoms with E-state index in [4.69, 9.17) is 0 Å². The lowest BCUT2D eigenvalue weighted by atomic mass is 10.1. The first-order chi connectivity index (χ1) is 6.90. The Labute approximate surface area is 82.5 Å². The van der Waals surface area contributed by atoms with E-state index < -0.39 is 28.9 Å². The van der Waals surface area contributed by atoms with Gasteiger partial charge >= 0.3 is 6.18 Å². The third kappa shape index (κ3) is 2.26. The highest BCUT2D eigenvalue weighted by Crippen LogP contribution is 2.33. The molecule has 6 heteroatoms. The van der Waals surface area contributed by atoms with Crippen LogP contribution in [0.5, 0.6) is 5.75 Å². The molecule has 1 aromatic rings. The van der Waals surface area contributed by atoms with Crippen molar-refractivity contribution in [2.45, 2.75) is 6.18 Å². The fourth-order valence-corrected chi connectivity index (χ4v) is 1.02. The van der Waals surface area contributed by atoms with Gasteiger partial charge in [0.25, 0.3) is 0 Å². The number of carbonyl (C=O) groups excluding carboxylic acids is 1. The second kappa shape index (κ2) is 3.88. The third-order valence-electron chi connectivity index (χ3n) is 1.74. The van der Waals surface area contributed by atoms with Gasteiger partial charge in [0, 0.05) is 0 Å². The van der Waals surface area contributed by atoms with E-state index in [1.54, 1.807) is 0 Å². The molecule has 1 rings (SSSR count). The Balaban J connectivity index is 3.40. The third-order valence-corrected chi connectivity index (χ3v) is 1.74. The standard InChI is InChI=1S/C9H6F4O2/c1-15-7-3-6(9(11,12)13)2-5(4-14)8(7)10/h2-4H,1H3. The van der Waals surface area contributed by atoms with Crippen molar-refractivity contribution in [3.05, 3.63) is 29.1 Å². The minimum absolute atomic E-state index is 0.00704. The lowest BCUT2D eigenvalue weighted by Gasteiger charge is -2.10. The molecule has 0 aliphatic heterocycles. The smallest absolute Gasteiger partial charge is 0.416 e. The molecule has 0 atom stereocenters. The van der Waals surface area contributed by atoms with Crippen LogP contribution in [0.4, 0.5) is 17.6 Å². The first-order valence-electron chi connectivity index (χ1n) is 3.80. The van der Waals surface area contributed by atoms with Crippen LogP contribution in [0.2, 0.25) is 0 Å². The number of aldehydes is 1. The molecular formula is C9H6F4O2. The number of hydrogen-bond acceptors (Lipinski definition) is 2. The van der Waals surface area contributed by atoms with Crippen molar-refractivity contribution in [3.63, 3.8) is 0 Å². The first kappa shape index (κ1) is 11.5. The molecule has 15 heavy (non-hydrogen) atoms. The molecule has 0 aliphatic rings. The molecule has 0 radical (unpaired) electrons. The molecule has 0 aromatic heterocycles. The van der Waals surface area contributed by atoms with Gasteiger partial charge in [-0.25, -0.2) is 4.39 Å². The highest BCUT2D eigenvalue weighted by molar-refractivity contribution is 5.76. The van der Waals surface area contributed by atoms with E-state index in [0.717, 1.165) is 7.11 Å². The maximum absolute atomic E-state index is 13.1. The fourth-order valence-electron chi connectivity index (χ4n) is 1.02. The SMILES string of the molecule is COc1cc(C(F)(F)F)cc(C=O)c1F. The first-order valence-corrected chi connectivity index (χ1v) is 3.80. The molecule has 0 N–H and O–H groups in total. The average molecular weight is 222 g/mol. The molecule has 0 saturated carbocycles. The van der Waals surface area contributed by atoms with Gasteiger partial charge in [-0.1, -0.05) is 0 Å². The van der Waals surface area contributed by atoms with Gasteiger partial charge in [0.2, 0.25) is 0 Å². The van der Waals surface area contributed by atoms with Crippen molar-refractivity contribution < 1.29 is 27.1 Å². The number of carbonyl (C=O) groups is 1. The summed E-state index contributed by atoms with van der Waals surface area (Å²) < 4.78 is 54.3. The molecule has 0 saturated heterocycles. The van der Waals surface area contributed by atoms with Crippen molar-refractivity contribution in [2.24, 2.45) is 0 Å². The molecular weight excluding hydrogens is 216 g/mol. The summed E-state index contributed by atoms with van der Waals surface area (Å²) in [6, 6.07) is 0.938. The quantitative estimate of drug-likeness (QED) is 0.568. The monoisotopic (exact) mass is 222 g/mol. The summed E-state index contributed by atoms with van der Waals surface area (Å²) in [5.74, 6) is -1.70. The normalized spacial score (nSPS) is 11.3. The zero-order valence-corrected chi connectivity index (χ0v) is 7.56. The number of halogens is 4. The Morgan fingerprint density at radius 1 is 1.33 bits per heavy atom. The van der Waals surface area contributed by atoms with E-state index in [0.29, 0.717) is 12.1 Å². The average Bonchev–Trinajstić information content (AvgIpc) is 2.16. The highest BCUT2D eigenvalue weighted by Gasteiger charge is 2.32. The number of benzene rings is 1. The van der Waals surface area contributed by atoms with Crippen LogP contribution in [-0.2, 0) is 6.18 Å². The Kier molecular flexibility index (Phi) is 2.97. The van der Waals surface area contributed by atoms with Gasteiger partial charge < -0.3 is 4.74 Å². The zero-order chi connectivity index (χ0) is 11.6. The summed E-state index contributed by atoms with van der Waals surface area (Å²) in [7, 11) is 1.02. The van der Waals surface area contributed by atoms with E-state index in [1.807, 2.05) is 0 Å². The van der Waals surface area contributed by atoms with E-state index in [1.165, 1.54) is 0 Å². The molecule has 1 aromatic carbocycles. The van der Waals surface area contributed by atoms with Gasteiger partial charge in [-0.2, -0.15) is 13.2 Å². The maximum atomic E-state index is 13.1. The minimum atomic E-state index is -4.64. The summed E-state index contributed by atoms with van der Waals surface area (Å²) in [4.78, 5) is 10.3. The number of ether oxygens (including phenoxy) is 1. The molecule has 0 bridgehead atoms. The number of rotatable bonds is 2. The molecule has 0 spiro atoms. The van der Waals surface area contributed by atoms with Gasteiger partial charge in [-0.05, 0) is 12.1 Å².